The van der Waals surface area contributed by atoms with Gasteiger partial charge in [-0.3, -0.25) is 4.79 Å². The maximum Gasteiger partial charge on any atom is 0.226 e. The summed E-state index contributed by atoms with van der Waals surface area (Å²) in [6.45, 7) is 2.83. The van der Waals surface area contributed by atoms with Crippen LogP contribution in [0.25, 0.3) is 0 Å². The van der Waals surface area contributed by atoms with Gasteiger partial charge in [-0.05, 0) is 49.4 Å². The van der Waals surface area contributed by atoms with Gasteiger partial charge in [0.15, 0.2) is 0 Å². The highest BCUT2D eigenvalue weighted by Crippen LogP contribution is 2.51. The van der Waals surface area contributed by atoms with Crippen LogP contribution < -0.4 is 0 Å². The molecule has 1 amide bonds. The Kier molecular flexibility index (Phi) is 4.10. The lowest BCUT2D eigenvalue weighted by atomic mass is 9.90. The topological polar surface area (TPSA) is 33.5 Å². The molecule has 132 valence electrons. The summed E-state index contributed by atoms with van der Waals surface area (Å²) in [5, 5.41) is 0. The van der Waals surface area contributed by atoms with Gasteiger partial charge in [-0.15, -0.1) is 0 Å². The molecule has 1 aromatic carbocycles. The monoisotopic (exact) mass is 345 g/mol. The quantitative estimate of drug-likeness (QED) is 0.810. The largest absolute Gasteiger partial charge is 0.467 e. The van der Waals surface area contributed by atoms with E-state index in [4.69, 9.17) is 4.42 Å². The molecule has 0 bridgehead atoms. The highest BCUT2D eigenvalue weighted by atomic mass is 19.1. The average molecular weight is 345 g/mol. The molecule has 1 aliphatic heterocycles. The lowest BCUT2D eigenvalue weighted by molar-refractivity contribution is -0.137. The fraction of sp³-hybridized carbons (Fsp3) is 0.450. The molecule has 4 rings (SSSR count). The molecule has 4 atom stereocenters. The Morgan fingerprint density at radius 1 is 1.16 bits per heavy atom. The molecule has 1 aliphatic carbocycles. The molecule has 2 heterocycles. The zero-order chi connectivity index (χ0) is 17.6. The second-order valence-corrected chi connectivity index (χ2v) is 7.28. The molecule has 0 radical (unpaired) electrons. The molecule has 3 nitrogen and oxygen atoms in total. The number of benzene rings is 1. The van der Waals surface area contributed by atoms with Crippen molar-refractivity contribution in [3.63, 3.8) is 0 Å². The number of hydrogen-bond acceptors (Lipinski definition) is 2. The van der Waals surface area contributed by atoms with Gasteiger partial charge in [0.1, 0.15) is 17.4 Å². The summed E-state index contributed by atoms with van der Waals surface area (Å²) >= 11 is 0. The summed E-state index contributed by atoms with van der Waals surface area (Å²) < 4.78 is 33.5. The minimum atomic E-state index is -0.560. The zero-order valence-electron chi connectivity index (χ0n) is 14.1. The number of furan rings is 1. The van der Waals surface area contributed by atoms with Gasteiger partial charge < -0.3 is 9.32 Å². The Balaban J connectivity index is 1.55. The molecular weight excluding hydrogens is 324 g/mol. The van der Waals surface area contributed by atoms with E-state index >= 15 is 0 Å². The van der Waals surface area contributed by atoms with Gasteiger partial charge in [0.05, 0.1) is 12.3 Å². The normalized spacial score (nSPS) is 28.8. The molecule has 1 aromatic heterocycles. The van der Waals surface area contributed by atoms with Crippen molar-refractivity contribution in [2.75, 3.05) is 6.54 Å². The van der Waals surface area contributed by atoms with Crippen molar-refractivity contribution in [1.29, 1.82) is 0 Å². The van der Waals surface area contributed by atoms with Crippen molar-refractivity contribution in [3.05, 3.63) is 59.6 Å². The Morgan fingerprint density at radius 2 is 1.92 bits per heavy atom. The van der Waals surface area contributed by atoms with Crippen LogP contribution in [-0.4, -0.2) is 17.4 Å². The van der Waals surface area contributed by atoms with E-state index in [1.54, 1.807) is 6.26 Å². The number of rotatable bonds is 3. The molecule has 2 aliphatic rings. The van der Waals surface area contributed by atoms with Gasteiger partial charge in [-0.1, -0.05) is 13.0 Å². The highest BCUT2D eigenvalue weighted by molar-refractivity contribution is 5.83. The standard InChI is InChI=1S/C20H21F2NO2/c1-12-7-8-23(17(10-12)18-6-3-9-25-18)20(24)14-11-13(14)19-15(21)4-2-5-16(19)22/h2-6,9,12-14,17H,7-8,10-11H2,1H3/t12-,13+,14-,17+/m1/s1. The van der Waals surface area contributed by atoms with Gasteiger partial charge >= 0.3 is 0 Å². The van der Waals surface area contributed by atoms with Crippen LogP contribution in [0.4, 0.5) is 8.78 Å². The van der Waals surface area contributed by atoms with E-state index in [1.807, 2.05) is 17.0 Å². The summed E-state index contributed by atoms with van der Waals surface area (Å²) in [5.41, 5.74) is 0.0563. The first-order valence-electron chi connectivity index (χ1n) is 8.84. The predicted molar refractivity (Wildman–Crippen MR) is 88.8 cm³/mol. The van der Waals surface area contributed by atoms with E-state index in [9.17, 15) is 13.6 Å². The first-order valence-corrected chi connectivity index (χ1v) is 8.84. The van der Waals surface area contributed by atoms with Crippen molar-refractivity contribution in [2.45, 2.75) is 38.1 Å². The van der Waals surface area contributed by atoms with Crippen LogP contribution >= 0.6 is 0 Å². The summed E-state index contributed by atoms with van der Waals surface area (Å²) in [7, 11) is 0. The molecule has 2 fully saturated rings. The second-order valence-electron chi connectivity index (χ2n) is 7.28. The third-order valence-electron chi connectivity index (χ3n) is 5.50. The number of carbonyl (C=O) groups is 1. The van der Waals surface area contributed by atoms with E-state index in [-0.39, 0.29) is 29.3 Å². The van der Waals surface area contributed by atoms with Crippen molar-refractivity contribution >= 4 is 5.91 Å². The molecular formula is C20H21F2NO2. The summed E-state index contributed by atoms with van der Waals surface area (Å²) in [6, 6.07) is 7.50. The Labute approximate surface area is 145 Å². The average Bonchev–Trinajstić information content (AvgIpc) is 3.16. The number of carbonyl (C=O) groups excluding carboxylic acids is 1. The van der Waals surface area contributed by atoms with Gasteiger partial charge in [-0.2, -0.15) is 0 Å². The van der Waals surface area contributed by atoms with E-state index in [1.165, 1.54) is 18.2 Å². The molecule has 25 heavy (non-hydrogen) atoms. The van der Waals surface area contributed by atoms with E-state index in [2.05, 4.69) is 6.92 Å². The number of piperidine rings is 1. The minimum Gasteiger partial charge on any atom is -0.467 e. The van der Waals surface area contributed by atoms with Gasteiger partial charge in [-0.25, -0.2) is 8.78 Å². The molecule has 1 saturated heterocycles. The first kappa shape index (κ1) is 16.3. The van der Waals surface area contributed by atoms with Crippen LogP contribution in [0.1, 0.15) is 49.5 Å². The van der Waals surface area contributed by atoms with Crippen LogP contribution in [0.3, 0.4) is 0 Å². The summed E-state index contributed by atoms with van der Waals surface area (Å²) in [5.74, 6) is -0.527. The maximum absolute atomic E-state index is 14.0. The summed E-state index contributed by atoms with van der Waals surface area (Å²) in [6.07, 6.45) is 3.92. The number of amides is 1. The molecule has 1 saturated carbocycles. The molecule has 2 aromatic rings. The Hall–Kier alpha value is -2.17. The molecule has 0 unspecified atom stereocenters. The van der Waals surface area contributed by atoms with Gasteiger partial charge in [0.2, 0.25) is 5.91 Å². The predicted octanol–water partition coefficient (Wildman–Crippen LogP) is 4.66. The van der Waals surface area contributed by atoms with Crippen LogP contribution in [0.2, 0.25) is 0 Å². The van der Waals surface area contributed by atoms with Crippen molar-refractivity contribution in [1.82, 2.24) is 4.90 Å². The van der Waals surface area contributed by atoms with Gasteiger partial charge in [0, 0.05) is 23.9 Å². The van der Waals surface area contributed by atoms with Crippen LogP contribution in [0.15, 0.2) is 41.0 Å². The lowest BCUT2D eigenvalue weighted by Gasteiger charge is -2.37. The Bertz CT molecular complexity index is 754. The number of hydrogen-bond donors (Lipinski definition) is 0. The fourth-order valence-electron chi connectivity index (χ4n) is 4.02. The van der Waals surface area contributed by atoms with E-state index < -0.39 is 11.6 Å². The number of halogens is 2. The van der Waals surface area contributed by atoms with E-state index in [0.717, 1.165) is 18.6 Å². The second kappa shape index (κ2) is 6.28. The van der Waals surface area contributed by atoms with E-state index in [0.29, 0.717) is 18.9 Å². The smallest absolute Gasteiger partial charge is 0.226 e. The van der Waals surface area contributed by atoms with Crippen molar-refractivity contribution in [2.24, 2.45) is 11.8 Å². The van der Waals surface area contributed by atoms with Crippen LogP contribution in [0, 0.1) is 23.5 Å². The number of likely N-dealkylation sites (tertiary alicyclic amines) is 1. The minimum absolute atomic E-state index is 0.0130. The lowest BCUT2D eigenvalue weighted by Crippen LogP contribution is -2.41. The fourth-order valence-corrected chi connectivity index (χ4v) is 4.02. The molecule has 5 heteroatoms. The van der Waals surface area contributed by atoms with Crippen molar-refractivity contribution in [3.8, 4) is 0 Å². The number of nitrogens with zero attached hydrogens (tertiary/aromatic N) is 1. The molecule has 0 spiro atoms. The third-order valence-corrected chi connectivity index (χ3v) is 5.50. The highest BCUT2D eigenvalue weighted by Gasteiger charge is 2.50. The van der Waals surface area contributed by atoms with Crippen molar-refractivity contribution < 1.29 is 18.0 Å². The third kappa shape index (κ3) is 2.96. The Morgan fingerprint density at radius 3 is 2.60 bits per heavy atom. The van der Waals surface area contributed by atoms with Crippen LogP contribution in [-0.2, 0) is 4.79 Å². The maximum atomic E-state index is 14.0. The van der Waals surface area contributed by atoms with Gasteiger partial charge in [0.25, 0.3) is 0 Å². The first-order chi connectivity index (χ1) is 12.1. The van der Waals surface area contributed by atoms with Crippen LogP contribution in [0.5, 0.6) is 0 Å². The zero-order valence-corrected chi connectivity index (χ0v) is 14.1. The summed E-state index contributed by atoms with van der Waals surface area (Å²) in [4.78, 5) is 14.9. The SMILES string of the molecule is C[C@@H]1CCN(C(=O)[C@@H]2C[C@@H]2c2c(F)cccc2F)[C@H](c2ccco2)C1. The molecule has 0 N–H and O–H groups in total.